The van der Waals surface area contributed by atoms with Crippen LogP contribution < -0.4 is 0 Å². The molecule has 4 rings (SSSR count). The highest BCUT2D eigenvalue weighted by Crippen LogP contribution is 2.33. The van der Waals surface area contributed by atoms with Crippen LogP contribution in [0.5, 0.6) is 0 Å². The second-order valence-corrected chi connectivity index (χ2v) is 5.74. The van der Waals surface area contributed by atoms with Crippen molar-refractivity contribution in [3.05, 3.63) is 71.2 Å². The van der Waals surface area contributed by atoms with Gasteiger partial charge in [-0.2, -0.15) is 0 Å². The van der Waals surface area contributed by atoms with Gasteiger partial charge in [0.1, 0.15) is 11.2 Å². The van der Waals surface area contributed by atoms with Crippen molar-refractivity contribution in [2.24, 2.45) is 0 Å². The monoisotopic (exact) mass is 322 g/mol. The number of rotatable bonds is 1. The first-order chi connectivity index (χ1) is 9.81. The lowest BCUT2D eigenvalue weighted by Crippen LogP contribution is -1.76. The van der Waals surface area contributed by atoms with E-state index in [9.17, 15) is 0 Å². The minimum atomic E-state index is 0.916. The molecule has 4 aromatic rings. The fourth-order valence-corrected chi connectivity index (χ4v) is 2.90. The Bertz CT molecular complexity index is 907. The standard InChI is InChI=1S/C18H11BrO/c19-14-7-9-16-15-8-6-13(12-4-2-1-3-5-12)10-17(15)20-18(16)11-14/h1-11H. The summed E-state index contributed by atoms with van der Waals surface area (Å²) in [5, 5.41) is 2.31. The molecule has 0 aliphatic heterocycles. The van der Waals surface area contributed by atoms with Crippen LogP contribution in [0.3, 0.4) is 0 Å². The highest BCUT2D eigenvalue weighted by Gasteiger charge is 2.08. The lowest BCUT2D eigenvalue weighted by atomic mass is 10.0. The number of halogens is 1. The van der Waals surface area contributed by atoms with Gasteiger partial charge in [0.05, 0.1) is 0 Å². The van der Waals surface area contributed by atoms with Crippen LogP contribution >= 0.6 is 15.9 Å². The molecule has 0 saturated heterocycles. The molecule has 0 spiro atoms. The molecule has 1 nitrogen and oxygen atoms in total. The van der Waals surface area contributed by atoms with Crippen LogP contribution in [-0.4, -0.2) is 0 Å². The van der Waals surface area contributed by atoms with Gasteiger partial charge in [-0.05, 0) is 41.5 Å². The minimum Gasteiger partial charge on any atom is -0.456 e. The van der Waals surface area contributed by atoms with E-state index in [0.29, 0.717) is 0 Å². The number of hydrogen-bond acceptors (Lipinski definition) is 1. The molecule has 2 heteroatoms. The predicted molar refractivity (Wildman–Crippen MR) is 86.9 cm³/mol. The van der Waals surface area contributed by atoms with Crippen LogP contribution in [0, 0.1) is 0 Å². The molecule has 0 unspecified atom stereocenters. The highest BCUT2D eigenvalue weighted by molar-refractivity contribution is 9.10. The molecule has 0 radical (unpaired) electrons. The van der Waals surface area contributed by atoms with Gasteiger partial charge in [0, 0.05) is 15.2 Å². The predicted octanol–water partition coefficient (Wildman–Crippen LogP) is 6.02. The Morgan fingerprint density at radius 1 is 0.650 bits per heavy atom. The molecule has 0 bridgehead atoms. The molecule has 0 aliphatic rings. The molecule has 1 heterocycles. The Labute approximate surface area is 125 Å². The third kappa shape index (κ3) is 1.84. The van der Waals surface area contributed by atoms with E-state index in [-0.39, 0.29) is 0 Å². The fraction of sp³-hybridized carbons (Fsp3) is 0. The molecule has 0 N–H and O–H groups in total. The maximum atomic E-state index is 5.97. The first-order valence-corrected chi connectivity index (χ1v) is 7.28. The van der Waals surface area contributed by atoms with E-state index in [1.165, 1.54) is 11.1 Å². The lowest BCUT2D eigenvalue weighted by molar-refractivity contribution is 0.669. The number of fused-ring (bicyclic) bond motifs is 3. The highest BCUT2D eigenvalue weighted by atomic mass is 79.9. The summed E-state index contributed by atoms with van der Waals surface area (Å²) in [5.41, 5.74) is 4.23. The Kier molecular flexibility index (Phi) is 2.64. The third-order valence-corrected chi connectivity index (χ3v) is 4.04. The van der Waals surface area contributed by atoms with Crippen LogP contribution in [-0.2, 0) is 0 Å². The van der Waals surface area contributed by atoms with Gasteiger partial charge in [-0.15, -0.1) is 0 Å². The molecule has 0 fully saturated rings. The summed E-state index contributed by atoms with van der Waals surface area (Å²) in [6.07, 6.45) is 0. The number of benzene rings is 3. The number of furan rings is 1. The van der Waals surface area contributed by atoms with Gasteiger partial charge in [0.25, 0.3) is 0 Å². The molecule has 3 aromatic carbocycles. The average molecular weight is 323 g/mol. The van der Waals surface area contributed by atoms with E-state index in [1.807, 2.05) is 18.2 Å². The Morgan fingerprint density at radius 3 is 2.15 bits per heavy atom. The molecule has 0 atom stereocenters. The largest absolute Gasteiger partial charge is 0.456 e. The van der Waals surface area contributed by atoms with E-state index < -0.39 is 0 Å². The Morgan fingerprint density at radius 2 is 1.35 bits per heavy atom. The summed E-state index contributed by atoms with van der Waals surface area (Å²) in [6.45, 7) is 0. The van der Waals surface area contributed by atoms with Gasteiger partial charge >= 0.3 is 0 Å². The first-order valence-electron chi connectivity index (χ1n) is 6.48. The van der Waals surface area contributed by atoms with Gasteiger partial charge in [-0.25, -0.2) is 0 Å². The maximum absolute atomic E-state index is 5.97. The molecule has 0 saturated carbocycles. The van der Waals surface area contributed by atoms with Crippen molar-refractivity contribution in [1.82, 2.24) is 0 Å². The SMILES string of the molecule is Brc1ccc2c(c1)oc1cc(-c3ccccc3)ccc12. The summed E-state index contributed by atoms with van der Waals surface area (Å²) in [6, 6.07) is 22.9. The zero-order valence-electron chi connectivity index (χ0n) is 10.6. The first kappa shape index (κ1) is 11.7. The van der Waals surface area contributed by atoms with E-state index in [4.69, 9.17) is 4.42 Å². The van der Waals surface area contributed by atoms with Gasteiger partial charge in [-0.1, -0.05) is 52.3 Å². The third-order valence-electron chi connectivity index (χ3n) is 3.54. The van der Waals surface area contributed by atoms with Gasteiger partial charge in [0.2, 0.25) is 0 Å². The van der Waals surface area contributed by atoms with E-state index in [1.54, 1.807) is 0 Å². The van der Waals surface area contributed by atoms with Crippen LogP contribution in [0.25, 0.3) is 33.1 Å². The molecule has 0 aliphatic carbocycles. The normalized spacial score (nSPS) is 11.2. The van der Waals surface area contributed by atoms with E-state index in [0.717, 1.165) is 26.4 Å². The van der Waals surface area contributed by atoms with Crippen LogP contribution in [0.2, 0.25) is 0 Å². The molecular formula is C18H11BrO. The van der Waals surface area contributed by atoms with Crippen LogP contribution in [0.1, 0.15) is 0 Å². The Hall–Kier alpha value is -2.06. The van der Waals surface area contributed by atoms with Crippen molar-refractivity contribution in [3.63, 3.8) is 0 Å². The van der Waals surface area contributed by atoms with E-state index >= 15 is 0 Å². The Balaban J connectivity index is 1.98. The van der Waals surface area contributed by atoms with Crippen LogP contribution in [0.4, 0.5) is 0 Å². The lowest BCUT2D eigenvalue weighted by Gasteiger charge is -2.00. The summed E-state index contributed by atoms with van der Waals surface area (Å²) in [4.78, 5) is 0. The second kappa shape index (κ2) is 4.50. The summed E-state index contributed by atoms with van der Waals surface area (Å²) in [7, 11) is 0. The molecular weight excluding hydrogens is 312 g/mol. The van der Waals surface area contributed by atoms with Crippen molar-refractivity contribution in [3.8, 4) is 11.1 Å². The smallest absolute Gasteiger partial charge is 0.136 e. The molecule has 20 heavy (non-hydrogen) atoms. The summed E-state index contributed by atoms with van der Waals surface area (Å²) in [5.74, 6) is 0. The van der Waals surface area contributed by atoms with Gasteiger partial charge < -0.3 is 4.42 Å². The number of hydrogen-bond donors (Lipinski definition) is 0. The quantitative estimate of drug-likeness (QED) is 0.418. The van der Waals surface area contributed by atoms with Crippen molar-refractivity contribution in [1.29, 1.82) is 0 Å². The molecule has 96 valence electrons. The maximum Gasteiger partial charge on any atom is 0.136 e. The van der Waals surface area contributed by atoms with Crippen molar-refractivity contribution in [2.75, 3.05) is 0 Å². The average Bonchev–Trinajstić information content (AvgIpc) is 2.84. The van der Waals surface area contributed by atoms with E-state index in [2.05, 4.69) is 64.5 Å². The van der Waals surface area contributed by atoms with Crippen LogP contribution in [0.15, 0.2) is 75.6 Å². The minimum absolute atomic E-state index is 0.916. The van der Waals surface area contributed by atoms with Crippen molar-refractivity contribution < 1.29 is 4.42 Å². The zero-order valence-corrected chi connectivity index (χ0v) is 12.2. The molecule has 1 aromatic heterocycles. The topological polar surface area (TPSA) is 13.1 Å². The fourth-order valence-electron chi connectivity index (χ4n) is 2.56. The van der Waals surface area contributed by atoms with Crippen molar-refractivity contribution in [2.45, 2.75) is 0 Å². The second-order valence-electron chi connectivity index (χ2n) is 4.82. The molecule has 0 amide bonds. The summed E-state index contributed by atoms with van der Waals surface area (Å²) >= 11 is 3.48. The van der Waals surface area contributed by atoms with Crippen molar-refractivity contribution >= 4 is 37.9 Å². The van der Waals surface area contributed by atoms with Gasteiger partial charge in [-0.3, -0.25) is 0 Å². The summed E-state index contributed by atoms with van der Waals surface area (Å²) < 4.78 is 7.00. The zero-order chi connectivity index (χ0) is 13.5. The van der Waals surface area contributed by atoms with Gasteiger partial charge in [0.15, 0.2) is 0 Å².